The van der Waals surface area contributed by atoms with Gasteiger partial charge >= 0.3 is 0 Å². The largest absolute Gasteiger partial charge is 0.503 e. The number of ether oxygens (including phenoxy) is 1. The van der Waals surface area contributed by atoms with Gasteiger partial charge in [-0.3, -0.25) is 4.90 Å². The van der Waals surface area contributed by atoms with E-state index in [1.54, 1.807) is 12.1 Å². The highest BCUT2D eigenvalue weighted by Crippen LogP contribution is 2.36. The predicted molar refractivity (Wildman–Crippen MR) is 104 cm³/mol. The number of benzene rings is 2. The molecular formula is C20H20ClN3O3. The average molecular weight is 386 g/mol. The standard InChI is InChI=1S/C20H20ClN3O3/c1-3-11-24(12-15-9-10-16(26-2)19(25)18(15)21)13-17-22-20(23-27-17)14-7-5-4-6-8-14/h3-10,25H,1,11-13H2,2H3. The monoisotopic (exact) mass is 385 g/mol. The fraction of sp³-hybridized carbons (Fsp3) is 0.200. The van der Waals surface area contributed by atoms with Crippen LogP contribution >= 0.6 is 11.6 Å². The molecule has 1 heterocycles. The van der Waals surface area contributed by atoms with Crippen molar-refractivity contribution in [2.24, 2.45) is 0 Å². The molecule has 0 atom stereocenters. The van der Waals surface area contributed by atoms with Gasteiger partial charge in [-0.05, 0) is 11.6 Å². The Kier molecular flexibility index (Phi) is 6.11. The number of rotatable bonds is 8. The molecule has 1 N–H and O–H groups in total. The predicted octanol–water partition coefficient (Wildman–Crippen LogP) is 4.29. The number of hydrogen-bond acceptors (Lipinski definition) is 6. The number of phenols is 1. The van der Waals surface area contributed by atoms with Crippen molar-refractivity contribution < 1.29 is 14.4 Å². The zero-order valence-corrected chi connectivity index (χ0v) is 15.7. The number of methoxy groups -OCH3 is 1. The molecule has 0 spiro atoms. The SMILES string of the molecule is C=CCN(Cc1nc(-c2ccccc2)no1)Cc1ccc(OC)c(O)c1Cl. The third kappa shape index (κ3) is 4.48. The third-order valence-corrected chi connectivity index (χ3v) is 4.44. The number of hydrogen-bond donors (Lipinski definition) is 1. The molecule has 2 aromatic carbocycles. The van der Waals surface area contributed by atoms with E-state index in [1.807, 2.05) is 41.3 Å². The molecule has 0 bridgehead atoms. The Balaban J connectivity index is 1.76. The fourth-order valence-electron chi connectivity index (χ4n) is 2.70. The lowest BCUT2D eigenvalue weighted by atomic mass is 10.2. The highest BCUT2D eigenvalue weighted by Gasteiger charge is 2.17. The summed E-state index contributed by atoms with van der Waals surface area (Å²) in [4.78, 5) is 6.49. The van der Waals surface area contributed by atoms with E-state index in [-0.39, 0.29) is 10.8 Å². The van der Waals surface area contributed by atoms with Gasteiger partial charge in [0.2, 0.25) is 11.7 Å². The maximum Gasteiger partial charge on any atom is 0.241 e. The summed E-state index contributed by atoms with van der Waals surface area (Å²) < 4.78 is 10.5. The van der Waals surface area contributed by atoms with E-state index >= 15 is 0 Å². The van der Waals surface area contributed by atoms with E-state index in [1.165, 1.54) is 7.11 Å². The number of nitrogens with zero attached hydrogens (tertiary/aromatic N) is 3. The molecule has 0 aliphatic rings. The van der Waals surface area contributed by atoms with Crippen molar-refractivity contribution in [3.05, 3.63) is 71.6 Å². The Morgan fingerprint density at radius 2 is 2.00 bits per heavy atom. The van der Waals surface area contributed by atoms with Crippen LogP contribution in [0.1, 0.15) is 11.5 Å². The van der Waals surface area contributed by atoms with Gasteiger partial charge in [0.05, 0.1) is 18.7 Å². The van der Waals surface area contributed by atoms with Crippen LogP contribution in [0.3, 0.4) is 0 Å². The summed E-state index contributed by atoms with van der Waals surface area (Å²) in [6.45, 7) is 5.29. The molecule has 1 aromatic heterocycles. The molecule has 0 aliphatic heterocycles. The van der Waals surface area contributed by atoms with E-state index < -0.39 is 0 Å². The minimum Gasteiger partial charge on any atom is -0.503 e. The lowest BCUT2D eigenvalue weighted by Crippen LogP contribution is -2.23. The Morgan fingerprint density at radius 1 is 1.22 bits per heavy atom. The summed E-state index contributed by atoms with van der Waals surface area (Å²) in [6, 6.07) is 13.1. The van der Waals surface area contributed by atoms with Gasteiger partial charge in [-0.15, -0.1) is 6.58 Å². The second-order valence-electron chi connectivity index (χ2n) is 5.93. The molecule has 0 fully saturated rings. The van der Waals surface area contributed by atoms with Crippen LogP contribution < -0.4 is 4.74 Å². The van der Waals surface area contributed by atoms with Crippen LogP contribution in [0.15, 0.2) is 59.6 Å². The summed E-state index contributed by atoms with van der Waals surface area (Å²) in [5.41, 5.74) is 1.66. The number of aromatic nitrogens is 2. The van der Waals surface area contributed by atoms with Gasteiger partial charge in [0.1, 0.15) is 0 Å². The van der Waals surface area contributed by atoms with Crippen LogP contribution in [0, 0.1) is 0 Å². The molecule has 7 heteroatoms. The van der Waals surface area contributed by atoms with E-state index in [9.17, 15) is 5.11 Å². The molecule has 0 saturated heterocycles. The molecule has 0 radical (unpaired) electrons. The van der Waals surface area contributed by atoms with Crippen LogP contribution in [0.4, 0.5) is 0 Å². The fourth-order valence-corrected chi connectivity index (χ4v) is 2.91. The van der Waals surface area contributed by atoms with Gasteiger partial charge in [0, 0.05) is 18.7 Å². The average Bonchev–Trinajstić information content (AvgIpc) is 3.15. The Hall–Kier alpha value is -2.83. The lowest BCUT2D eigenvalue weighted by Gasteiger charge is -2.20. The summed E-state index contributed by atoms with van der Waals surface area (Å²) in [5, 5.41) is 14.4. The van der Waals surface area contributed by atoms with Crippen molar-refractivity contribution in [2.45, 2.75) is 13.1 Å². The first kappa shape index (κ1) is 18.9. The highest BCUT2D eigenvalue weighted by molar-refractivity contribution is 6.33. The van der Waals surface area contributed by atoms with Crippen molar-refractivity contribution in [1.82, 2.24) is 15.0 Å². The molecule has 3 aromatic rings. The summed E-state index contributed by atoms with van der Waals surface area (Å²) in [7, 11) is 1.48. The summed E-state index contributed by atoms with van der Waals surface area (Å²) in [5.74, 6) is 1.30. The van der Waals surface area contributed by atoms with Crippen molar-refractivity contribution in [1.29, 1.82) is 0 Å². The van der Waals surface area contributed by atoms with Crippen molar-refractivity contribution in [2.75, 3.05) is 13.7 Å². The zero-order chi connectivity index (χ0) is 19.2. The van der Waals surface area contributed by atoms with Crippen LogP contribution in [0.25, 0.3) is 11.4 Å². The second kappa shape index (κ2) is 8.70. The third-order valence-electron chi connectivity index (χ3n) is 4.02. The minimum absolute atomic E-state index is 0.0700. The van der Waals surface area contributed by atoms with Gasteiger partial charge < -0.3 is 14.4 Å². The Morgan fingerprint density at radius 3 is 2.70 bits per heavy atom. The number of phenolic OH excluding ortho intramolecular Hbond substituents is 1. The Labute approximate surface area is 162 Å². The molecule has 0 saturated carbocycles. The first-order valence-electron chi connectivity index (χ1n) is 8.38. The lowest BCUT2D eigenvalue weighted by molar-refractivity contribution is 0.239. The quantitative estimate of drug-likeness (QED) is 0.583. The van der Waals surface area contributed by atoms with E-state index in [4.69, 9.17) is 20.9 Å². The molecule has 140 valence electrons. The first-order valence-corrected chi connectivity index (χ1v) is 8.75. The van der Waals surface area contributed by atoms with Gasteiger partial charge in [0.15, 0.2) is 11.5 Å². The maximum atomic E-state index is 10.1. The zero-order valence-electron chi connectivity index (χ0n) is 14.9. The highest BCUT2D eigenvalue weighted by atomic mass is 35.5. The van der Waals surface area contributed by atoms with Crippen molar-refractivity contribution in [3.63, 3.8) is 0 Å². The van der Waals surface area contributed by atoms with Crippen molar-refractivity contribution in [3.8, 4) is 22.9 Å². The molecule has 0 amide bonds. The maximum absolute atomic E-state index is 10.1. The summed E-state index contributed by atoms with van der Waals surface area (Å²) in [6.07, 6.45) is 1.78. The van der Waals surface area contributed by atoms with Crippen LogP contribution in [-0.4, -0.2) is 33.8 Å². The van der Waals surface area contributed by atoms with Crippen LogP contribution in [0.2, 0.25) is 5.02 Å². The van der Waals surface area contributed by atoms with Crippen LogP contribution in [-0.2, 0) is 13.1 Å². The first-order chi connectivity index (χ1) is 13.1. The van der Waals surface area contributed by atoms with E-state index in [0.29, 0.717) is 37.1 Å². The number of aromatic hydroxyl groups is 1. The second-order valence-corrected chi connectivity index (χ2v) is 6.30. The molecule has 0 unspecified atom stereocenters. The van der Waals surface area contributed by atoms with Crippen molar-refractivity contribution >= 4 is 11.6 Å². The number of halogens is 1. The summed E-state index contributed by atoms with van der Waals surface area (Å²) >= 11 is 6.27. The smallest absolute Gasteiger partial charge is 0.241 e. The minimum atomic E-state index is -0.0700. The van der Waals surface area contributed by atoms with Gasteiger partial charge in [-0.2, -0.15) is 4.98 Å². The molecule has 3 rings (SSSR count). The van der Waals surface area contributed by atoms with Crippen LogP contribution in [0.5, 0.6) is 11.5 Å². The van der Waals surface area contributed by atoms with E-state index in [2.05, 4.69) is 16.7 Å². The molecular weight excluding hydrogens is 366 g/mol. The van der Waals surface area contributed by atoms with Gasteiger partial charge in [-0.1, -0.05) is 59.2 Å². The van der Waals surface area contributed by atoms with Gasteiger partial charge in [0.25, 0.3) is 0 Å². The molecule has 0 aliphatic carbocycles. The Bertz CT molecular complexity index is 912. The molecule has 6 nitrogen and oxygen atoms in total. The van der Waals surface area contributed by atoms with E-state index in [0.717, 1.165) is 11.1 Å². The topological polar surface area (TPSA) is 71.6 Å². The normalized spacial score (nSPS) is 10.9. The van der Waals surface area contributed by atoms with Gasteiger partial charge in [-0.25, -0.2) is 0 Å². The molecule has 27 heavy (non-hydrogen) atoms.